The van der Waals surface area contributed by atoms with Crippen molar-refractivity contribution in [2.45, 2.75) is 25.1 Å². The van der Waals surface area contributed by atoms with Crippen molar-refractivity contribution in [1.82, 2.24) is 19.8 Å². The fourth-order valence-electron chi connectivity index (χ4n) is 5.44. The molecule has 2 saturated heterocycles. The lowest BCUT2D eigenvalue weighted by atomic mass is 10.1. The molecule has 6 rings (SSSR count). The van der Waals surface area contributed by atoms with E-state index in [4.69, 9.17) is 25.8 Å². The number of rotatable bonds is 9. The van der Waals surface area contributed by atoms with Gasteiger partial charge < -0.3 is 19.5 Å². The van der Waals surface area contributed by atoms with Gasteiger partial charge in [0.25, 0.3) is 0 Å². The summed E-state index contributed by atoms with van der Waals surface area (Å²) in [6.45, 7) is 7.10. The summed E-state index contributed by atoms with van der Waals surface area (Å²) >= 11 is 5.77. The minimum absolute atomic E-state index is 0.0556. The van der Waals surface area contributed by atoms with E-state index in [9.17, 15) is 4.39 Å². The van der Waals surface area contributed by atoms with Gasteiger partial charge in [-0.05, 0) is 42.3 Å². The van der Waals surface area contributed by atoms with Crippen LogP contribution in [0.2, 0.25) is 5.02 Å². The van der Waals surface area contributed by atoms with E-state index in [1.165, 1.54) is 24.0 Å². The van der Waals surface area contributed by atoms with Crippen molar-refractivity contribution >= 4 is 34.0 Å². The molecule has 2 atom stereocenters. The maximum atomic E-state index is 13.2. The Labute approximate surface area is 251 Å². The van der Waals surface area contributed by atoms with Crippen molar-refractivity contribution in [1.29, 1.82) is 0 Å². The molecule has 2 unspecified atom stereocenters. The number of nitrogens with one attached hydrogen (secondary N) is 1. The maximum Gasteiger partial charge on any atom is 0.141 e. The van der Waals surface area contributed by atoms with Gasteiger partial charge in [-0.3, -0.25) is 9.80 Å². The zero-order chi connectivity index (χ0) is 29.3. The molecular formula is C32H37ClFN5O3. The SMILES string of the molecule is COCCCN1CC2OCCN(Cc3ccccc3)C2C1.COc1ccc2c(Nc3ccc(F)c(Cl)c3)ncnc2c1. The summed E-state index contributed by atoms with van der Waals surface area (Å²) in [7, 11) is 3.37. The zero-order valence-electron chi connectivity index (χ0n) is 24.0. The fourth-order valence-corrected chi connectivity index (χ4v) is 5.62. The molecule has 2 aliphatic rings. The topological polar surface area (TPSA) is 72.0 Å². The number of aromatic nitrogens is 2. The van der Waals surface area contributed by atoms with Gasteiger partial charge in [0.15, 0.2) is 0 Å². The highest BCUT2D eigenvalue weighted by Crippen LogP contribution is 2.28. The van der Waals surface area contributed by atoms with Crippen LogP contribution in [0.15, 0.2) is 73.1 Å². The lowest BCUT2D eigenvalue weighted by Crippen LogP contribution is -2.50. The third-order valence-electron chi connectivity index (χ3n) is 7.57. The highest BCUT2D eigenvalue weighted by atomic mass is 35.5. The second kappa shape index (κ2) is 14.7. The summed E-state index contributed by atoms with van der Waals surface area (Å²) in [6, 6.07) is 21.2. The van der Waals surface area contributed by atoms with E-state index < -0.39 is 5.82 Å². The van der Waals surface area contributed by atoms with Gasteiger partial charge in [0.05, 0.1) is 36.4 Å². The van der Waals surface area contributed by atoms with E-state index >= 15 is 0 Å². The average molecular weight is 594 g/mol. The van der Waals surface area contributed by atoms with Gasteiger partial charge in [-0.2, -0.15) is 0 Å². The molecule has 3 aromatic carbocycles. The smallest absolute Gasteiger partial charge is 0.141 e. The van der Waals surface area contributed by atoms with Crippen LogP contribution < -0.4 is 10.1 Å². The summed E-state index contributed by atoms with van der Waals surface area (Å²) in [5.41, 5.74) is 2.80. The van der Waals surface area contributed by atoms with Crippen molar-refractivity contribution in [2.24, 2.45) is 0 Å². The van der Waals surface area contributed by atoms with Crippen LogP contribution in [-0.2, 0) is 16.0 Å². The van der Waals surface area contributed by atoms with E-state index in [1.54, 1.807) is 20.3 Å². The Morgan fingerprint density at radius 1 is 1.05 bits per heavy atom. The van der Waals surface area contributed by atoms with Crippen molar-refractivity contribution in [3.63, 3.8) is 0 Å². The molecule has 0 aliphatic carbocycles. The Bertz CT molecular complexity index is 1450. The molecule has 2 fully saturated rings. The van der Waals surface area contributed by atoms with Crippen LogP contribution in [0.3, 0.4) is 0 Å². The van der Waals surface area contributed by atoms with Gasteiger partial charge in [-0.15, -0.1) is 0 Å². The van der Waals surface area contributed by atoms with Gasteiger partial charge in [0, 0.05) is 63.6 Å². The Morgan fingerprint density at radius 3 is 2.69 bits per heavy atom. The normalized spacial score (nSPS) is 18.8. The van der Waals surface area contributed by atoms with Crippen LogP contribution in [0, 0.1) is 5.82 Å². The zero-order valence-corrected chi connectivity index (χ0v) is 24.8. The first kappa shape index (κ1) is 30.1. The molecule has 0 saturated carbocycles. The first-order valence-corrected chi connectivity index (χ1v) is 14.5. The standard InChI is InChI=1S/C17H26N2O2.C15H11ClFN3O/c1-20-10-5-8-18-13-16-17(14-18)21-11-9-19(16)12-15-6-3-2-4-7-15;1-21-10-3-4-11-14(7-10)18-8-19-15(11)20-9-2-5-13(17)12(16)6-9/h2-4,6-7,16-17H,5,8-14H2,1H3;2-8H,1H3,(H,18,19,20). The fraction of sp³-hybridized carbons (Fsp3) is 0.375. The molecule has 10 heteroatoms. The molecule has 0 bridgehead atoms. The van der Waals surface area contributed by atoms with Gasteiger partial charge in [-0.1, -0.05) is 41.9 Å². The van der Waals surface area contributed by atoms with Crippen molar-refractivity contribution in [2.75, 3.05) is 58.9 Å². The average Bonchev–Trinajstić information content (AvgIpc) is 3.44. The molecule has 8 nitrogen and oxygen atoms in total. The summed E-state index contributed by atoms with van der Waals surface area (Å²) in [6.07, 6.45) is 2.94. The van der Waals surface area contributed by atoms with E-state index in [2.05, 4.69) is 55.4 Å². The largest absolute Gasteiger partial charge is 0.497 e. The number of likely N-dealkylation sites (tertiary alicyclic amines) is 1. The van der Waals surface area contributed by atoms with Crippen LogP contribution >= 0.6 is 11.6 Å². The molecule has 0 spiro atoms. The summed E-state index contributed by atoms with van der Waals surface area (Å²) in [5.74, 6) is 0.877. The number of hydrogen-bond donors (Lipinski definition) is 1. The number of nitrogens with zero attached hydrogens (tertiary/aromatic N) is 4. The molecule has 3 heterocycles. The Hall–Kier alpha value is -3.34. The van der Waals surface area contributed by atoms with Crippen LogP contribution in [0.5, 0.6) is 5.75 Å². The number of ether oxygens (including phenoxy) is 3. The van der Waals surface area contributed by atoms with E-state index in [0.29, 0.717) is 23.7 Å². The number of morpholine rings is 1. The minimum atomic E-state index is -0.459. The molecule has 1 aromatic heterocycles. The van der Waals surface area contributed by atoms with Crippen LogP contribution in [-0.4, -0.2) is 85.5 Å². The number of hydrogen-bond acceptors (Lipinski definition) is 8. The minimum Gasteiger partial charge on any atom is -0.497 e. The summed E-state index contributed by atoms with van der Waals surface area (Å²) in [5, 5.41) is 4.00. The first-order chi connectivity index (χ1) is 20.5. The van der Waals surface area contributed by atoms with Crippen LogP contribution in [0.25, 0.3) is 10.9 Å². The van der Waals surface area contributed by atoms with E-state index in [0.717, 1.165) is 69.0 Å². The number of halogens is 2. The third-order valence-corrected chi connectivity index (χ3v) is 7.86. The van der Waals surface area contributed by atoms with Crippen LogP contribution in [0.1, 0.15) is 12.0 Å². The summed E-state index contributed by atoms with van der Waals surface area (Å²) < 4.78 is 29.5. The number of fused-ring (bicyclic) bond motifs is 2. The molecule has 0 radical (unpaired) electrons. The second-order valence-electron chi connectivity index (χ2n) is 10.4. The monoisotopic (exact) mass is 593 g/mol. The Balaban J connectivity index is 0.000000168. The number of benzene rings is 3. The second-order valence-corrected chi connectivity index (χ2v) is 10.8. The lowest BCUT2D eigenvalue weighted by molar-refractivity contribution is -0.0504. The lowest BCUT2D eigenvalue weighted by Gasteiger charge is -2.37. The predicted octanol–water partition coefficient (Wildman–Crippen LogP) is 5.78. The molecule has 1 N–H and O–H groups in total. The molecular weight excluding hydrogens is 557 g/mol. The van der Waals surface area contributed by atoms with E-state index in [1.807, 2.05) is 18.2 Å². The van der Waals surface area contributed by atoms with Gasteiger partial charge in [0.1, 0.15) is 23.7 Å². The van der Waals surface area contributed by atoms with Crippen molar-refractivity contribution < 1.29 is 18.6 Å². The highest BCUT2D eigenvalue weighted by molar-refractivity contribution is 6.31. The van der Waals surface area contributed by atoms with Crippen molar-refractivity contribution in [3.05, 3.63) is 89.5 Å². The van der Waals surface area contributed by atoms with E-state index in [-0.39, 0.29) is 5.02 Å². The molecule has 4 aromatic rings. The predicted molar refractivity (Wildman–Crippen MR) is 164 cm³/mol. The van der Waals surface area contributed by atoms with Gasteiger partial charge >= 0.3 is 0 Å². The third kappa shape index (κ3) is 7.73. The van der Waals surface area contributed by atoms with Gasteiger partial charge in [0.2, 0.25) is 0 Å². The molecule has 42 heavy (non-hydrogen) atoms. The van der Waals surface area contributed by atoms with Crippen LogP contribution in [0.4, 0.5) is 15.9 Å². The molecule has 222 valence electrons. The van der Waals surface area contributed by atoms with Gasteiger partial charge in [-0.25, -0.2) is 14.4 Å². The molecule has 0 amide bonds. The highest BCUT2D eigenvalue weighted by Gasteiger charge is 2.39. The summed E-state index contributed by atoms with van der Waals surface area (Å²) in [4.78, 5) is 13.5. The first-order valence-electron chi connectivity index (χ1n) is 14.2. The number of anilines is 2. The Kier molecular flexibility index (Phi) is 10.6. The van der Waals surface area contributed by atoms with Crippen molar-refractivity contribution in [3.8, 4) is 5.75 Å². The Morgan fingerprint density at radius 2 is 1.90 bits per heavy atom. The number of methoxy groups -OCH3 is 2. The molecule has 2 aliphatic heterocycles. The quantitative estimate of drug-likeness (QED) is 0.245. The maximum absolute atomic E-state index is 13.2.